The summed E-state index contributed by atoms with van der Waals surface area (Å²) in [5.74, 6) is 0. The molecule has 0 saturated carbocycles. The Morgan fingerprint density at radius 1 is 0.0952 bits per heavy atom. The number of rotatable bonds is 53. The largest absolute Gasteiger partial charge is 0.331 e. The smallest absolute Gasteiger partial charge is 0.0839 e. The number of nitrogens with zero attached hydrogens (tertiary/aromatic N) is 14. The van der Waals surface area contributed by atoms with Crippen LogP contribution >= 0.6 is 0 Å². The quantitative estimate of drug-likeness (QED) is 0.0467. The second-order valence-corrected chi connectivity index (χ2v) is 38.8. The highest BCUT2D eigenvalue weighted by atomic mass is 15.4. The average molecular weight is 1210 g/mol. The Balaban J connectivity index is 7.08. The molecule has 506 valence electrons. The fourth-order valence-corrected chi connectivity index (χ4v) is 13.8. The van der Waals surface area contributed by atoms with Crippen molar-refractivity contribution < 1.29 is 62.8 Å². The lowest BCUT2D eigenvalue weighted by Crippen LogP contribution is -2.54. The summed E-state index contributed by atoms with van der Waals surface area (Å²) in [7, 11) is 73.0. The van der Waals surface area contributed by atoms with E-state index < -0.39 is 0 Å². The van der Waals surface area contributed by atoms with Crippen LogP contribution in [0.3, 0.4) is 0 Å². The predicted octanol–water partition coefficient (Wildman–Crippen LogP) is 6.78. The third kappa shape index (κ3) is 48.3. The van der Waals surface area contributed by atoms with E-state index in [1.165, 1.54) is 287 Å². The molecule has 0 N–H and O–H groups in total. The van der Waals surface area contributed by atoms with Crippen LogP contribution in [0, 0.1) is 0 Å². The van der Waals surface area contributed by atoms with E-state index in [1.54, 1.807) is 0 Å². The molecule has 0 aromatic heterocycles. The fourth-order valence-electron chi connectivity index (χ4n) is 13.8. The highest BCUT2D eigenvalue weighted by Crippen LogP contribution is 2.21. The molecule has 0 unspecified atom stereocenters. The molecule has 0 aromatic carbocycles. The van der Waals surface area contributed by atoms with Gasteiger partial charge in [0.05, 0.1) is 382 Å². The molecule has 0 saturated heterocycles. The van der Waals surface area contributed by atoms with Crippen LogP contribution in [0.2, 0.25) is 0 Å². The SMILES string of the molecule is C[N+](C)(C)CCC[N+](C)(CCC[N+](C)(C)C)CCC[N+](C)(CCCC[N+](C)(CCC[N+](C)(CCC[N+](C)(C)C)CCC[N+](C)(C)C)CCC[N+](C)(CCC[N+](C)(C)C)CCC[N+](C)(C)C)CCC[N+](C)(CCC[N+](C)(C)C)CCC[N+](C)(C)C. The average Bonchev–Trinajstić information content (AvgIpc) is 3.40. The molecule has 0 heterocycles. The number of quaternary nitrogens is 14. The summed E-state index contributed by atoms with van der Waals surface area (Å²) in [6, 6.07) is 0. The predicted molar refractivity (Wildman–Crippen MR) is 373 cm³/mol. The zero-order valence-electron chi connectivity index (χ0n) is 64.5. The summed E-state index contributed by atoms with van der Waals surface area (Å²) >= 11 is 0. The third-order valence-corrected chi connectivity index (χ3v) is 19.4. The zero-order chi connectivity index (χ0) is 65.3. The van der Waals surface area contributed by atoms with Crippen LogP contribution in [-0.4, -0.2) is 444 Å². The Morgan fingerprint density at radius 3 is 0.250 bits per heavy atom. The van der Waals surface area contributed by atoms with E-state index in [2.05, 4.69) is 211 Å². The van der Waals surface area contributed by atoms with Crippen molar-refractivity contribution in [1.82, 2.24) is 0 Å². The second kappa shape index (κ2) is 35.9. The first-order chi connectivity index (χ1) is 37.7. The van der Waals surface area contributed by atoms with Crippen LogP contribution in [-0.2, 0) is 0 Å². The lowest BCUT2D eigenvalue weighted by Gasteiger charge is -2.41. The second-order valence-electron chi connectivity index (χ2n) is 38.8. The molecule has 0 aliphatic heterocycles. The van der Waals surface area contributed by atoms with E-state index in [0.29, 0.717) is 0 Å². The van der Waals surface area contributed by atoms with E-state index in [9.17, 15) is 0 Å². The molecule has 0 bridgehead atoms. The maximum absolute atomic E-state index is 2.71. The van der Waals surface area contributed by atoms with Gasteiger partial charge in [0.15, 0.2) is 0 Å². The van der Waals surface area contributed by atoms with Crippen LogP contribution in [0.15, 0.2) is 0 Å². The summed E-state index contributed by atoms with van der Waals surface area (Å²) in [6.45, 7) is 33.6. The van der Waals surface area contributed by atoms with E-state index in [-0.39, 0.29) is 0 Å². The summed E-state index contributed by atoms with van der Waals surface area (Å²) in [6.07, 6.45) is 18.5. The minimum atomic E-state index is 1.06. The molecule has 14 nitrogen and oxygen atoms in total. The summed E-state index contributed by atoms with van der Waals surface area (Å²) < 4.78 is 15.9. The van der Waals surface area contributed by atoms with Crippen molar-refractivity contribution in [2.24, 2.45) is 0 Å². The van der Waals surface area contributed by atoms with Gasteiger partial charge in [0.2, 0.25) is 0 Å². The molecule has 0 radical (unpaired) electrons. The van der Waals surface area contributed by atoms with Gasteiger partial charge in [-0.1, -0.05) is 0 Å². The van der Waals surface area contributed by atoms with Gasteiger partial charge in [-0.05, 0) is 0 Å². The minimum Gasteiger partial charge on any atom is -0.331 e. The van der Waals surface area contributed by atoms with Gasteiger partial charge in [-0.3, -0.25) is 0 Å². The Kier molecular flexibility index (Phi) is 35.6. The van der Waals surface area contributed by atoms with Crippen molar-refractivity contribution in [1.29, 1.82) is 0 Å². The van der Waals surface area contributed by atoms with E-state index >= 15 is 0 Å². The van der Waals surface area contributed by atoms with Gasteiger partial charge in [-0.2, -0.15) is 0 Å². The number of hydrogen-bond donors (Lipinski definition) is 0. The van der Waals surface area contributed by atoms with Gasteiger partial charge in [0.25, 0.3) is 0 Å². The molecule has 84 heavy (non-hydrogen) atoms. The standard InChI is InChI=1S/C70H170N14/c1-71(2,3)45-33-55-81(27,56-34-46-72(4,5)6)67-41-63-79(25,64-42-68-82(28,57-35-47-73(7,8)9)58-36-48-74(10,11)12)53-31-32-54-80(26,65-43-69-83(29,59-37-49-75(13,14)15)60-38-50-76(16,17)18)66-44-70-84(30,61-39-51-77(19,20)21)62-40-52-78(22,23)24/h31-70H2,1-30H3/q+14. The highest BCUT2D eigenvalue weighted by molar-refractivity contribution is 4.56. The van der Waals surface area contributed by atoms with Crippen molar-refractivity contribution in [3.63, 3.8) is 0 Å². The summed E-state index contributed by atoms with van der Waals surface area (Å²) in [4.78, 5) is 0. The topological polar surface area (TPSA) is 0 Å². The first kappa shape index (κ1) is 83.4. The monoisotopic (exact) mass is 1210 g/mol. The molecule has 0 aliphatic carbocycles. The molecule has 0 aromatic rings. The molecular weight excluding hydrogens is 1040 g/mol. The Bertz CT molecular complexity index is 1380. The third-order valence-electron chi connectivity index (χ3n) is 19.4. The summed E-state index contributed by atoms with van der Waals surface area (Å²) in [5.41, 5.74) is 0. The van der Waals surface area contributed by atoms with Crippen LogP contribution in [0.4, 0.5) is 0 Å². The van der Waals surface area contributed by atoms with Gasteiger partial charge in [0, 0.05) is 89.9 Å². The first-order valence-electron chi connectivity index (χ1n) is 35.1. The lowest BCUT2D eigenvalue weighted by atomic mass is 10.1. The Morgan fingerprint density at radius 2 is 0.167 bits per heavy atom. The van der Waals surface area contributed by atoms with Gasteiger partial charge < -0.3 is 62.8 Å². The Labute approximate surface area is 531 Å². The molecule has 0 amide bonds. The molecule has 0 fully saturated rings. The first-order valence-corrected chi connectivity index (χ1v) is 35.1. The molecule has 0 atom stereocenters. The molecule has 0 spiro atoms. The van der Waals surface area contributed by atoms with E-state index in [1.807, 2.05) is 0 Å². The van der Waals surface area contributed by atoms with Crippen LogP contribution in [0.25, 0.3) is 0 Å². The van der Waals surface area contributed by atoms with Crippen molar-refractivity contribution in [2.75, 3.05) is 382 Å². The molecule has 0 aliphatic rings. The van der Waals surface area contributed by atoms with Crippen LogP contribution in [0.5, 0.6) is 0 Å². The zero-order valence-corrected chi connectivity index (χ0v) is 64.5. The van der Waals surface area contributed by atoms with E-state index in [4.69, 9.17) is 0 Å². The van der Waals surface area contributed by atoms with Crippen molar-refractivity contribution in [2.45, 2.75) is 89.9 Å². The maximum Gasteiger partial charge on any atom is 0.0839 e. The van der Waals surface area contributed by atoms with E-state index in [0.717, 1.165) is 35.9 Å². The normalized spacial score (nSPS) is 14.8. The number of hydrogen-bond acceptors (Lipinski definition) is 0. The minimum absolute atomic E-state index is 1.06. The summed E-state index contributed by atoms with van der Waals surface area (Å²) in [5, 5.41) is 0. The highest BCUT2D eigenvalue weighted by Gasteiger charge is 2.33. The van der Waals surface area contributed by atoms with Crippen LogP contribution < -0.4 is 0 Å². The van der Waals surface area contributed by atoms with Crippen molar-refractivity contribution in [3.05, 3.63) is 0 Å². The molecular formula is C70H170N14+14. The van der Waals surface area contributed by atoms with Crippen LogP contribution in [0.1, 0.15) is 89.9 Å². The van der Waals surface area contributed by atoms with Gasteiger partial charge >= 0.3 is 0 Å². The van der Waals surface area contributed by atoms with Gasteiger partial charge in [0.1, 0.15) is 0 Å². The lowest BCUT2D eigenvalue weighted by molar-refractivity contribution is -0.943. The van der Waals surface area contributed by atoms with Crippen molar-refractivity contribution in [3.8, 4) is 0 Å². The number of unbranched alkanes of at least 4 members (excludes halogenated alkanes) is 1. The molecule has 0 rings (SSSR count). The maximum atomic E-state index is 2.71. The fraction of sp³-hybridized carbons (Fsp3) is 1.00. The molecule has 14 heteroatoms. The van der Waals surface area contributed by atoms with Gasteiger partial charge in [-0.15, -0.1) is 0 Å². The van der Waals surface area contributed by atoms with Crippen molar-refractivity contribution >= 4 is 0 Å². The van der Waals surface area contributed by atoms with Gasteiger partial charge in [-0.25, -0.2) is 0 Å². The Hall–Kier alpha value is -0.560.